The van der Waals surface area contributed by atoms with Gasteiger partial charge in [-0.25, -0.2) is 84.3 Å². The molecule has 0 saturated carbocycles. The quantitative estimate of drug-likeness (QED) is 0.0760. The Kier molecular flexibility index (Phi) is 16.3. The van der Waals surface area contributed by atoms with Crippen molar-refractivity contribution in [2.45, 2.75) is 135 Å². The fourth-order valence-corrected chi connectivity index (χ4v) is 7.04. The SMILES string of the molecule is COCn1c(=O)n(CC2CO2)c(=O)n(CC2CO2)c1=O.COCn1c(=O)n(CCC2CO2)c(=O)n(CCC2CO2)c1=O.COCn1c(=O)n(CCCC2CO2)c(=O)n(CCCC2CO2)c1=O. The van der Waals surface area contributed by atoms with E-state index < -0.39 is 51.2 Å². The van der Waals surface area contributed by atoms with Gasteiger partial charge in [0.2, 0.25) is 0 Å². The van der Waals surface area contributed by atoms with E-state index in [-0.39, 0.29) is 96.1 Å². The minimum Gasteiger partial charge on any atom is -0.373 e. The van der Waals surface area contributed by atoms with Gasteiger partial charge in [0, 0.05) is 47.5 Å². The summed E-state index contributed by atoms with van der Waals surface area (Å²) in [6, 6.07) is 0. The topological polar surface area (TPSA) is 301 Å². The van der Waals surface area contributed by atoms with Crippen molar-refractivity contribution >= 4 is 0 Å². The molecule has 6 fully saturated rings. The number of nitrogens with zero attached hydrogens (tertiary/aromatic N) is 9. The van der Waals surface area contributed by atoms with Crippen molar-refractivity contribution in [3.63, 3.8) is 0 Å². The standard InChI is InChI=1S/C15H23N3O6.C13H19N3O6.C11H15N3O6/c1-22-10-18-14(20)16(6-2-4-11-8-23-11)13(19)17(15(18)21)7-3-5-12-9-24-12;1-20-8-16-12(18)14(4-2-9-6-21-9)11(17)15(13(16)19)5-3-10-7-22-10;1-18-6-14-10(16)12(2-7-4-19-7)9(15)13(11(14)17)3-8-5-20-8/h11-12H,2-10H2,1H3;9-10H,2-8H2,1H3;7-8H,2-6H2,1H3. The molecule has 6 aliphatic rings. The van der Waals surface area contributed by atoms with Crippen LogP contribution in [0.25, 0.3) is 0 Å². The van der Waals surface area contributed by atoms with Crippen LogP contribution in [-0.4, -0.2) is 139 Å². The third-order valence-electron chi connectivity index (χ3n) is 11.3. The molecule has 0 N–H and O–H groups in total. The monoisotopic (exact) mass is 939 g/mol. The Morgan fingerprint density at radius 1 is 0.333 bits per heavy atom. The first kappa shape index (κ1) is 48.8. The molecule has 66 heavy (non-hydrogen) atoms. The lowest BCUT2D eigenvalue weighted by Gasteiger charge is -2.13. The number of ether oxygens (including phenoxy) is 9. The Morgan fingerprint density at radius 3 is 0.833 bits per heavy atom. The van der Waals surface area contributed by atoms with Crippen LogP contribution >= 0.6 is 0 Å². The summed E-state index contributed by atoms with van der Waals surface area (Å²) in [5, 5.41) is 0. The first-order chi connectivity index (χ1) is 31.8. The largest absolute Gasteiger partial charge is 0.373 e. The molecule has 0 bridgehead atoms. The molecular formula is C39H57N9O18. The van der Waals surface area contributed by atoms with Crippen molar-refractivity contribution in [2.24, 2.45) is 0 Å². The Bertz CT molecular complexity index is 2550. The maximum absolute atomic E-state index is 12.6. The molecule has 6 unspecified atom stereocenters. The average molecular weight is 940 g/mol. The van der Waals surface area contributed by atoms with Gasteiger partial charge in [0.05, 0.1) is 89.4 Å². The zero-order chi connectivity index (χ0) is 47.1. The molecule has 27 heteroatoms. The van der Waals surface area contributed by atoms with Gasteiger partial charge in [-0.05, 0) is 38.5 Å². The third-order valence-corrected chi connectivity index (χ3v) is 11.3. The van der Waals surface area contributed by atoms with E-state index in [0.29, 0.717) is 52.1 Å². The van der Waals surface area contributed by atoms with E-state index in [2.05, 4.69) is 0 Å². The first-order valence-corrected chi connectivity index (χ1v) is 21.8. The van der Waals surface area contributed by atoms with Gasteiger partial charge in [-0.1, -0.05) is 0 Å². The molecule has 27 nitrogen and oxygen atoms in total. The molecule has 0 radical (unpaired) electrons. The van der Waals surface area contributed by atoms with Crippen LogP contribution in [0.3, 0.4) is 0 Å². The average Bonchev–Trinajstić information content (AvgIpc) is 4.08. The second kappa shape index (κ2) is 22.1. The molecule has 0 aromatic carbocycles. The Hall–Kier alpha value is -5.13. The van der Waals surface area contributed by atoms with Crippen LogP contribution in [0, 0.1) is 0 Å². The highest BCUT2D eigenvalue weighted by atomic mass is 16.6. The van der Waals surface area contributed by atoms with Gasteiger partial charge < -0.3 is 42.6 Å². The lowest BCUT2D eigenvalue weighted by Crippen LogP contribution is -2.55. The molecule has 3 aromatic rings. The number of hydrogen-bond donors (Lipinski definition) is 0. The van der Waals surface area contributed by atoms with Crippen molar-refractivity contribution < 1.29 is 42.6 Å². The molecule has 6 aliphatic heterocycles. The second-order valence-electron chi connectivity index (χ2n) is 16.5. The molecule has 0 amide bonds. The van der Waals surface area contributed by atoms with Gasteiger partial charge >= 0.3 is 51.2 Å². The molecular weight excluding hydrogens is 882 g/mol. The lowest BCUT2D eigenvalue weighted by atomic mass is 10.2. The fraction of sp³-hybridized carbons (Fsp3) is 0.769. The molecule has 6 saturated heterocycles. The summed E-state index contributed by atoms with van der Waals surface area (Å²) < 4.78 is 54.4. The first-order valence-electron chi connectivity index (χ1n) is 21.8. The van der Waals surface area contributed by atoms with Crippen molar-refractivity contribution in [3.8, 4) is 0 Å². The third kappa shape index (κ3) is 12.8. The van der Waals surface area contributed by atoms with Crippen LogP contribution in [0.2, 0.25) is 0 Å². The van der Waals surface area contributed by atoms with Gasteiger partial charge in [-0.2, -0.15) is 0 Å². The Balaban J connectivity index is 0.000000148. The van der Waals surface area contributed by atoms with Gasteiger partial charge in [0.1, 0.15) is 20.2 Å². The van der Waals surface area contributed by atoms with E-state index in [9.17, 15) is 43.2 Å². The predicted molar refractivity (Wildman–Crippen MR) is 225 cm³/mol. The van der Waals surface area contributed by atoms with E-state index in [1.165, 1.54) is 21.3 Å². The van der Waals surface area contributed by atoms with Crippen molar-refractivity contribution in [3.05, 3.63) is 94.4 Å². The zero-order valence-electron chi connectivity index (χ0n) is 37.2. The predicted octanol–water partition coefficient (Wildman–Crippen LogP) is -4.94. The summed E-state index contributed by atoms with van der Waals surface area (Å²) in [5.74, 6) is 0. The zero-order valence-corrected chi connectivity index (χ0v) is 37.2. The second-order valence-corrected chi connectivity index (χ2v) is 16.5. The minimum atomic E-state index is -0.676. The summed E-state index contributed by atoms with van der Waals surface area (Å²) in [5.41, 5.74) is -5.63. The number of methoxy groups -OCH3 is 3. The van der Waals surface area contributed by atoms with E-state index >= 15 is 0 Å². The van der Waals surface area contributed by atoms with Crippen molar-refractivity contribution in [2.75, 3.05) is 61.0 Å². The van der Waals surface area contributed by atoms with Gasteiger partial charge in [-0.3, -0.25) is 0 Å². The Morgan fingerprint density at radius 2 is 0.561 bits per heavy atom. The number of aromatic nitrogens is 9. The molecule has 0 aliphatic carbocycles. The maximum atomic E-state index is 12.6. The number of rotatable bonds is 24. The number of hydrogen-bond acceptors (Lipinski definition) is 18. The summed E-state index contributed by atoms with van der Waals surface area (Å²) in [7, 11) is 4.17. The van der Waals surface area contributed by atoms with Gasteiger partial charge in [0.15, 0.2) is 0 Å². The Labute approximate surface area is 373 Å². The summed E-state index contributed by atoms with van der Waals surface area (Å²) in [6.07, 6.45) is 4.46. The van der Waals surface area contributed by atoms with Crippen LogP contribution in [0.5, 0.6) is 0 Å². The molecule has 0 spiro atoms. The van der Waals surface area contributed by atoms with Crippen molar-refractivity contribution in [1.29, 1.82) is 0 Å². The summed E-state index contributed by atoms with van der Waals surface area (Å²) >= 11 is 0. The van der Waals surface area contributed by atoms with Crippen LogP contribution < -0.4 is 51.2 Å². The lowest BCUT2D eigenvalue weighted by molar-refractivity contribution is 0.117. The van der Waals surface area contributed by atoms with Crippen LogP contribution in [0.1, 0.15) is 38.5 Å². The van der Waals surface area contributed by atoms with E-state index in [1.807, 2.05) is 0 Å². The number of epoxide rings is 6. The smallest absolute Gasteiger partial charge is 0.338 e. The normalized spacial score (nSPS) is 22.8. The highest BCUT2D eigenvalue weighted by Gasteiger charge is 2.30. The van der Waals surface area contributed by atoms with Crippen LogP contribution in [0.4, 0.5) is 0 Å². The molecule has 366 valence electrons. The highest BCUT2D eigenvalue weighted by Crippen LogP contribution is 2.17. The van der Waals surface area contributed by atoms with Gasteiger partial charge in [-0.15, -0.1) is 0 Å². The summed E-state index contributed by atoms with van der Waals surface area (Å²) in [4.78, 5) is 111. The van der Waals surface area contributed by atoms with E-state index in [4.69, 9.17) is 42.6 Å². The van der Waals surface area contributed by atoms with Gasteiger partial charge in [0.25, 0.3) is 0 Å². The molecule has 9 heterocycles. The fourth-order valence-electron chi connectivity index (χ4n) is 7.04. The maximum Gasteiger partial charge on any atom is 0.338 e. The molecule has 3 aromatic heterocycles. The van der Waals surface area contributed by atoms with Crippen LogP contribution in [-0.2, 0) is 102 Å². The highest BCUT2D eigenvalue weighted by molar-refractivity contribution is 4.86. The minimum absolute atomic E-state index is 0.0995. The molecule has 6 atom stereocenters. The molecule has 9 rings (SSSR count). The summed E-state index contributed by atoms with van der Waals surface area (Å²) in [6.45, 7) is 4.56. The van der Waals surface area contributed by atoms with E-state index in [1.54, 1.807) is 0 Å². The van der Waals surface area contributed by atoms with Crippen LogP contribution in [0.15, 0.2) is 43.2 Å². The van der Waals surface area contributed by atoms with Crippen molar-refractivity contribution in [1.82, 2.24) is 41.1 Å². The van der Waals surface area contributed by atoms with E-state index in [0.717, 1.165) is 67.2 Å².